The predicted octanol–water partition coefficient (Wildman–Crippen LogP) is 2.85. The van der Waals surface area contributed by atoms with Gasteiger partial charge < -0.3 is 14.5 Å². The third-order valence-electron chi connectivity index (χ3n) is 4.95. The Morgan fingerprint density at radius 1 is 0.933 bits per heavy atom. The third kappa shape index (κ3) is 4.41. The van der Waals surface area contributed by atoms with Crippen LogP contribution in [0.4, 0.5) is 5.82 Å². The van der Waals surface area contributed by atoms with E-state index in [1.54, 1.807) is 19.5 Å². The molecule has 3 aromatic rings. The van der Waals surface area contributed by atoms with Crippen molar-refractivity contribution in [1.29, 1.82) is 0 Å². The molecule has 1 aromatic carbocycles. The van der Waals surface area contributed by atoms with Crippen LogP contribution in [0.1, 0.15) is 21.6 Å². The van der Waals surface area contributed by atoms with Gasteiger partial charge in [-0.1, -0.05) is 18.1 Å². The van der Waals surface area contributed by atoms with E-state index >= 15 is 0 Å². The summed E-state index contributed by atoms with van der Waals surface area (Å²) in [5.41, 5.74) is 2.14. The summed E-state index contributed by atoms with van der Waals surface area (Å²) in [6, 6.07) is 16.8. The molecule has 30 heavy (non-hydrogen) atoms. The van der Waals surface area contributed by atoms with Gasteiger partial charge in [-0.25, -0.2) is 9.97 Å². The van der Waals surface area contributed by atoms with Crippen molar-refractivity contribution in [1.82, 2.24) is 14.9 Å². The molecule has 2 aromatic heterocycles. The van der Waals surface area contributed by atoms with Crippen molar-refractivity contribution in [3.8, 4) is 17.6 Å². The number of ether oxygens (including phenoxy) is 1. The number of methoxy groups -OCH3 is 1. The van der Waals surface area contributed by atoms with E-state index in [0.717, 1.165) is 17.1 Å². The van der Waals surface area contributed by atoms with E-state index in [-0.39, 0.29) is 5.91 Å². The van der Waals surface area contributed by atoms with Crippen molar-refractivity contribution in [2.75, 3.05) is 38.2 Å². The number of hydrogen-bond acceptors (Lipinski definition) is 5. The minimum absolute atomic E-state index is 0.0177. The minimum atomic E-state index is 0.0177. The third-order valence-corrected chi connectivity index (χ3v) is 4.95. The molecule has 4 rings (SSSR count). The number of benzene rings is 1. The lowest BCUT2D eigenvalue weighted by molar-refractivity contribution is 0.0746. The predicted molar refractivity (Wildman–Crippen MR) is 116 cm³/mol. The zero-order valence-electron chi connectivity index (χ0n) is 16.8. The number of carbonyl (C=O) groups is 1. The number of aromatic nitrogens is 2. The van der Waals surface area contributed by atoms with Crippen molar-refractivity contribution in [3.05, 3.63) is 83.8 Å². The second-order valence-corrected chi connectivity index (χ2v) is 6.85. The molecular formula is C24H22N4O2. The summed E-state index contributed by atoms with van der Waals surface area (Å²) in [7, 11) is 1.64. The Hall–Kier alpha value is -3.85. The quantitative estimate of drug-likeness (QED) is 0.635. The molecule has 0 saturated carbocycles. The molecular weight excluding hydrogens is 376 g/mol. The molecule has 1 fully saturated rings. The van der Waals surface area contributed by atoms with Crippen LogP contribution in [0, 0.1) is 11.8 Å². The molecule has 0 atom stereocenters. The van der Waals surface area contributed by atoms with Gasteiger partial charge in [-0.3, -0.25) is 4.79 Å². The lowest BCUT2D eigenvalue weighted by atomic mass is 10.1. The van der Waals surface area contributed by atoms with Crippen LogP contribution < -0.4 is 9.64 Å². The first-order valence-corrected chi connectivity index (χ1v) is 9.81. The fourth-order valence-corrected chi connectivity index (χ4v) is 3.39. The summed E-state index contributed by atoms with van der Waals surface area (Å²) < 4.78 is 5.41. The summed E-state index contributed by atoms with van der Waals surface area (Å²) in [5.74, 6) is 7.70. The smallest absolute Gasteiger partial charge is 0.254 e. The maximum atomic E-state index is 13.0. The van der Waals surface area contributed by atoms with Crippen LogP contribution in [0.5, 0.6) is 5.75 Å². The molecule has 6 nitrogen and oxygen atoms in total. The highest BCUT2D eigenvalue weighted by molar-refractivity contribution is 5.94. The highest BCUT2D eigenvalue weighted by atomic mass is 16.5. The molecule has 0 bridgehead atoms. The normalized spacial score (nSPS) is 13.4. The van der Waals surface area contributed by atoms with Gasteiger partial charge in [0.05, 0.1) is 7.11 Å². The number of hydrogen-bond donors (Lipinski definition) is 0. The van der Waals surface area contributed by atoms with Crippen LogP contribution in [0.15, 0.2) is 67.0 Å². The fourth-order valence-electron chi connectivity index (χ4n) is 3.39. The van der Waals surface area contributed by atoms with Crippen molar-refractivity contribution in [2.45, 2.75) is 0 Å². The fraction of sp³-hybridized carbons (Fsp3) is 0.208. The van der Waals surface area contributed by atoms with E-state index in [1.165, 1.54) is 0 Å². The Balaban J connectivity index is 1.43. The van der Waals surface area contributed by atoms with E-state index in [4.69, 9.17) is 4.74 Å². The van der Waals surface area contributed by atoms with Crippen LogP contribution in [-0.2, 0) is 0 Å². The molecule has 6 heteroatoms. The minimum Gasteiger partial charge on any atom is -0.493 e. The molecule has 0 spiro atoms. The van der Waals surface area contributed by atoms with E-state index in [9.17, 15) is 4.79 Å². The first kappa shape index (κ1) is 19.5. The van der Waals surface area contributed by atoms with E-state index < -0.39 is 0 Å². The Kier molecular flexibility index (Phi) is 5.90. The summed E-state index contributed by atoms with van der Waals surface area (Å²) >= 11 is 0. The van der Waals surface area contributed by atoms with Gasteiger partial charge in [0.15, 0.2) is 11.6 Å². The maximum absolute atomic E-state index is 13.0. The number of amides is 1. The summed E-state index contributed by atoms with van der Waals surface area (Å²) in [6.45, 7) is 2.67. The van der Waals surface area contributed by atoms with Crippen LogP contribution in [0.2, 0.25) is 0 Å². The van der Waals surface area contributed by atoms with Gasteiger partial charge in [0, 0.05) is 49.7 Å². The lowest BCUT2D eigenvalue weighted by Crippen LogP contribution is -2.49. The zero-order chi connectivity index (χ0) is 20.8. The zero-order valence-corrected chi connectivity index (χ0v) is 16.8. The standard InChI is InChI=1S/C24H22N4O2/c1-30-22-9-5-13-26-23(22)27-14-16-28(17-15-27)24(29)20-7-4-6-19(18-20)10-11-21-8-2-3-12-25-21/h2-9,12-13,18H,14-17H2,1H3. The number of carbonyl (C=O) groups excluding carboxylic acids is 1. The molecule has 0 aliphatic carbocycles. The van der Waals surface area contributed by atoms with Gasteiger partial charge in [-0.05, 0) is 48.4 Å². The molecule has 1 aliphatic heterocycles. The van der Waals surface area contributed by atoms with E-state index in [1.807, 2.05) is 59.5 Å². The number of anilines is 1. The average molecular weight is 398 g/mol. The Bertz CT molecular complexity index is 1080. The summed E-state index contributed by atoms with van der Waals surface area (Å²) in [6.07, 6.45) is 3.47. The summed E-state index contributed by atoms with van der Waals surface area (Å²) in [4.78, 5) is 25.7. The van der Waals surface area contributed by atoms with Crippen LogP contribution in [-0.4, -0.2) is 54.1 Å². The van der Waals surface area contributed by atoms with Crippen molar-refractivity contribution < 1.29 is 9.53 Å². The average Bonchev–Trinajstić information content (AvgIpc) is 2.83. The molecule has 0 radical (unpaired) electrons. The second-order valence-electron chi connectivity index (χ2n) is 6.85. The van der Waals surface area contributed by atoms with Gasteiger partial charge in [-0.2, -0.15) is 0 Å². The molecule has 0 N–H and O–H groups in total. The van der Waals surface area contributed by atoms with Gasteiger partial charge in [0.2, 0.25) is 0 Å². The number of nitrogens with zero attached hydrogens (tertiary/aromatic N) is 4. The van der Waals surface area contributed by atoms with Crippen molar-refractivity contribution in [3.63, 3.8) is 0 Å². The van der Waals surface area contributed by atoms with Crippen LogP contribution >= 0.6 is 0 Å². The largest absolute Gasteiger partial charge is 0.493 e. The molecule has 0 unspecified atom stereocenters. The number of piperazine rings is 1. The van der Waals surface area contributed by atoms with Gasteiger partial charge >= 0.3 is 0 Å². The Labute approximate surface area is 176 Å². The second kappa shape index (κ2) is 9.10. The Morgan fingerprint density at radius 3 is 2.53 bits per heavy atom. The maximum Gasteiger partial charge on any atom is 0.254 e. The highest BCUT2D eigenvalue weighted by Gasteiger charge is 2.24. The molecule has 150 valence electrons. The number of pyridine rings is 2. The highest BCUT2D eigenvalue weighted by Crippen LogP contribution is 2.25. The SMILES string of the molecule is COc1cccnc1N1CCN(C(=O)c2cccc(C#Cc3ccccn3)c2)CC1. The van der Waals surface area contributed by atoms with Crippen molar-refractivity contribution >= 4 is 11.7 Å². The molecule has 1 saturated heterocycles. The molecule has 1 amide bonds. The van der Waals surface area contributed by atoms with E-state index in [2.05, 4.69) is 26.7 Å². The lowest BCUT2D eigenvalue weighted by Gasteiger charge is -2.35. The van der Waals surface area contributed by atoms with Crippen molar-refractivity contribution in [2.24, 2.45) is 0 Å². The van der Waals surface area contributed by atoms with E-state index in [0.29, 0.717) is 37.4 Å². The van der Waals surface area contributed by atoms with Gasteiger partial charge in [0.25, 0.3) is 5.91 Å². The summed E-state index contributed by atoms with van der Waals surface area (Å²) in [5, 5.41) is 0. The topological polar surface area (TPSA) is 58.6 Å². The number of rotatable bonds is 3. The molecule has 1 aliphatic rings. The van der Waals surface area contributed by atoms with Crippen LogP contribution in [0.3, 0.4) is 0 Å². The molecule has 3 heterocycles. The Morgan fingerprint density at radius 2 is 1.77 bits per heavy atom. The first-order chi connectivity index (χ1) is 14.7. The first-order valence-electron chi connectivity index (χ1n) is 9.81. The van der Waals surface area contributed by atoms with Gasteiger partial charge in [-0.15, -0.1) is 0 Å². The van der Waals surface area contributed by atoms with Gasteiger partial charge in [0.1, 0.15) is 5.69 Å². The monoisotopic (exact) mass is 398 g/mol. The van der Waals surface area contributed by atoms with Crippen LogP contribution in [0.25, 0.3) is 0 Å².